The second kappa shape index (κ2) is 5.44. The molecule has 0 bridgehead atoms. The van der Waals surface area contributed by atoms with Gasteiger partial charge in [0.1, 0.15) is 4.99 Å². The van der Waals surface area contributed by atoms with E-state index in [1.807, 2.05) is 0 Å². The Morgan fingerprint density at radius 2 is 1.76 bits per heavy atom. The maximum absolute atomic E-state index is 12.7. The summed E-state index contributed by atoms with van der Waals surface area (Å²) in [5.41, 5.74) is 4.37. The molecule has 2 rings (SSSR count). The van der Waals surface area contributed by atoms with Crippen LogP contribution in [0.3, 0.4) is 0 Å². The number of hydrogen-bond acceptors (Lipinski definition) is 3. The topological polar surface area (TPSA) is 63.4 Å². The van der Waals surface area contributed by atoms with Crippen molar-refractivity contribution in [2.24, 2.45) is 5.73 Å². The number of thiocarbonyl (C=S) groups is 1. The highest BCUT2D eigenvalue weighted by Gasteiger charge is 2.34. The van der Waals surface area contributed by atoms with Crippen molar-refractivity contribution in [1.82, 2.24) is 0 Å². The fraction of sp³-hybridized carbons (Fsp3) is 0.308. The highest BCUT2D eigenvalue weighted by Crippen LogP contribution is 2.34. The number of alkyl halides is 3. The van der Waals surface area contributed by atoms with Crippen LogP contribution in [0.25, 0.3) is 0 Å². The summed E-state index contributed by atoms with van der Waals surface area (Å²) in [6.07, 6.45) is -3.82. The van der Waals surface area contributed by atoms with Crippen molar-refractivity contribution in [2.75, 3.05) is 4.90 Å². The Morgan fingerprint density at radius 3 is 2.24 bits per heavy atom. The lowest BCUT2D eigenvalue weighted by molar-refractivity contribution is -0.137. The predicted molar refractivity (Wildman–Crippen MR) is 73.7 cm³/mol. The van der Waals surface area contributed by atoms with Gasteiger partial charge in [-0.25, -0.2) is 4.90 Å². The summed E-state index contributed by atoms with van der Waals surface area (Å²) in [7, 11) is 0. The summed E-state index contributed by atoms with van der Waals surface area (Å²) in [6.45, 7) is 0. The lowest BCUT2D eigenvalue weighted by Crippen LogP contribution is -2.41. The molecule has 1 aromatic carbocycles. The summed E-state index contributed by atoms with van der Waals surface area (Å²) in [6, 6.07) is 2.61. The second-order valence-electron chi connectivity index (χ2n) is 4.57. The number of anilines is 1. The number of piperidine rings is 1. The number of hydrogen-bond donors (Lipinski definition) is 1. The molecular weight excluding hydrogens is 305 g/mol. The Bertz CT molecular complexity index is 612. The molecule has 1 saturated heterocycles. The lowest BCUT2D eigenvalue weighted by Gasteiger charge is -2.27. The molecule has 2 amide bonds. The highest BCUT2D eigenvalue weighted by atomic mass is 32.1. The van der Waals surface area contributed by atoms with Crippen LogP contribution < -0.4 is 10.6 Å². The van der Waals surface area contributed by atoms with Gasteiger partial charge in [0.05, 0.1) is 11.3 Å². The summed E-state index contributed by atoms with van der Waals surface area (Å²) >= 11 is 4.74. The normalized spacial score (nSPS) is 16.2. The molecule has 0 aliphatic carbocycles. The van der Waals surface area contributed by atoms with Gasteiger partial charge in [-0.3, -0.25) is 9.59 Å². The molecule has 1 heterocycles. The number of imide groups is 1. The molecule has 0 spiro atoms. The number of nitrogens with zero attached hydrogens (tertiary/aromatic N) is 1. The molecule has 0 aromatic heterocycles. The fourth-order valence-electron chi connectivity index (χ4n) is 2.13. The van der Waals surface area contributed by atoms with E-state index in [0.29, 0.717) is 6.42 Å². The van der Waals surface area contributed by atoms with E-state index in [1.54, 1.807) is 0 Å². The molecule has 0 radical (unpaired) electrons. The van der Waals surface area contributed by atoms with Gasteiger partial charge in [0, 0.05) is 18.4 Å². The first-order chi connectivity index (χ1) is 9.71. The average Bonchev–Trinajstić information content (AvgIpc) is 2.37. The van der Waals surface area contributed by atoms with Crippen molar-refractivity contribution in [2.45, 2.75) is 25.4 Å². The Hall–Kier alpha value is -1.96. The number of halogens is 3. The quantitative estimate of drug-likeness (QED) is 0.672. The van der Waals surface area contributed by atoms with E-state index < -0.39 is 23.6 Å². The number of carbonyl (C=O) groups excluding carboxylic acids is 2. The Balaban J connectivity index is 2.55. The van der Waals surface area contributed by atoms with Crippen molar-refractivity contribution in [1.29, 1.82) is 0 Å². The van der Waals surface area contributed by atoms with E-state index in [-0.39, 0.29) is 29.1 Å². The van der Waals surface area contributed by atoms with E-state index in [9.17, 15) is 22.8 Å². The molecule has 1 aliphatic rings. The van der Waals surface area contributed by atoms with Crippen LogP contribution in [-0.2, 0) is 15.8 Å². The molecule has 1 aliphatic heterocycles. The third-order valence-electron chi connectivity index (χ3n) is 3.11. The maximum Gasteiger partial charge on any atom is 0.416 e. The van der Waals surface area contributed by atoms with E-state index in [4.69, 9.17) is 18.0 Å². The first kappa shape index (κ1) is 15.4. The van der Waals surface area contributed by atoms with Gasteiger partial charge in [-0.05, 0) is 24.6 Å². The number of amides is 2. The lowest BCUT2D eigenvalue weighted by atomic mass is 10.0. The monoisotopic (exact) mass is 316 g/mol. The molecule has 112 valence electrons. The number of nitrogens with two attached hydrogens (primary N) is 1. The third-order valence-corrected chi connectivity index (χ3v) is 3.33. The van der Waals surface area contributed by atoms with Gasteiger partial charge in [0.2, 0.25) is 11.8 Å². The van der Waals surface area contributed by atoms with Gasteiger partial charge in [-0.2, -0.15) is 13.2 Å². The third kappa shape index (κ3) is 3.05. The number of benzene rings is 1. The summed E-state index contributed by atoms with van der Waals surface area (Å²) < 4.78 is 38.2. The predicted octanol–water partition coefficient (Wildman–Crippen LogP) is 2.38. The first-order valence-corrected chi connectivity index (χ1v) is 6.49. The number of rotatable bonds is 2. The second-order valence-corrected chi connectivity index (χ2v) is 5.01. The van der Waals surface area contributed by atoms with E-state index in [2.05, 4.69) is 0 Å². The molecule has 4 nitrogen and oxygen atoms in total. The van der Waals surface area contributed by atoms with Gasteiger partial charge >= 0.3 is 6.18 Å². The van der Waals surface area contributed by atoms with Crippen molar-refractivity contribution in [3.8, 4) is 0 Å². The van der Waals surface area contributed by atoms with Crippen LogP contribution >= 0.6 is 12.2 Å². The Morgan fingerprint density at radius 1 is 1.19 bits per heavy atom. The molecular formula is C13H11F3N2O2S. The van der Waals surface area contributed by atoms with Crippen LogP contribution in [0.5, 0.6) is 0 Å². The zero-order chi connectivity index (χ0) is 15.8. The van der Waals surface area contributed by atoms with Gasteiger partial charge in [0.25, 0.3) is 0 Å². The maximum atomic E-state index is 12.7. The minimum absolute atomic E-state index is 0.00481. The van der Waals surface area contributed by atoms with Gasteiger partial charge in [0.15, 0.2) is 0 Å². The summed E-state index contributed by atoms with van der Waals surface area (Å²) in [5, 5.41) is 0. The average molecular weight is 316 g/mol. The molecule has 8 heteroatoms. The van der Waals surface area contributed by atoms with Crippen molar-refractivity contribution >= 4 is 34.7 Å². The van der Waals surface area contributed by atoms with Crippen LogP contribution in [0, 0.1) is 0 Å². The molecule has 2 N–H and O–H groups in total. The minimum atomic E-state index is -4.56. The standard InChI is InChI=1S/C13H11F3N2O2S/c14-13(15,16)7-4-5-9(8(6-7)12(17)21)18-10(19)2-1-3-11(18)20/h4-6H,1-3H2,(H2,17,21). The molecule has 0 unspecified atom stereocenters. The molecule has 1 fully saturated rings. The molecule has 21 heavy (non-hydrogen) atoms. The van der Waals surface area contributed by atoms with Gasteiger partial charge in [-0.1, -0.05) is 12.2 Å². The van der Waals surface area contributed by atoms with Crippen molar-refractivity contribution in [3.05, 3.63) is 29.3 Å². The smallest absolute Gasteiger partial charge is 0.389 e. The van der Waals surface area contributed by atoms with Crippen LogP contribution in [-0.4, -0.2) is 16.8 Å². The zero-order valence-corrected chi connectivity index (χ0v) is 11.6. The SMILES string of the molecule is NC(=S)c1cc(C(F)(F)F)ccc1N1C(=O)CCCC1=O. The summed E-state index contributed by atoms with van der Waals surface area (Å²) in [4.78, 5) is 24.3. The van der Waals surface area contributed by atoms with Gasteiger partial charge in [-0.15, -0.1) is 0 Å². The largest absolute Gasteiger partial charge is 0.416 e. The van der Waals surface area contributed by atoms with Crippen LogP contribution in [0.4, 0.5) is 18.9 Å². The fourth-order valence-corrected chi connectivity index (χ4v) is 2.29. The minimum Gasteiger partial charge on any atom is -0.389 e. The first-order valence-electron chi connectivity index (χ1n) is 6.08. The highest BCUT2D eigenvalue weighted by molar-refractivity contribution is 7.80. The van der Waals surface area contributed by atoms with Crippen molar-refractivity contribution in [3.63, 3.8) is 0 Å². The molecule has 1 aromatic rings. The van der Waals surface area contributed by atoms with Crippen LogP contribution in [0.1, 0.15) is 30.4 Å². The molecule has 0 atom stereocenters. The van der Waals surface area contributed by atoms with Crippen molar-refractivity contribution < 1.29 is 22.8 Å². The van der Waals surface area contributed by atoms with E-state index in [1.165, 1.54) is 0 Å². The van der Waals surface area contributed by atoms with Gasteiger partial charge < -0.3 is 5.73 Å². The molecule has 0 saturated carbocycles. The zero-order valence-electron chi connectivity index (χ0n) is 10.7. The Kier molecular flexibility index (Phi) is 3.99. The van der Waals surface area contributed by atoms with E-state index >= 15 is 0 Å². The number of carbonyl (C=O) groups is 2. The Labute approximate surface area is 123 Å². The van der Waals surface area contributed by atoms with Crippen LogP contribution in [0.15, 0.2) is 18.2 Å². The van der Waals surface area contributed by atoms with Crippen LogP contribution in [0.2, 0.25) is 0 Å². The van der Waals surface area contributed by atoms with E-state index in [0.717, 1.165) is 23.1 Å². The summed E-state index contributed by atoms with van der Waals surface area (Å²) in [5.74, 6) is -0.938.